The van der Waals surface area contributed by atoms with Gasteiger partial charge in [0.25, 0.3) is 0 Å². The van der Waals surface area contributed by atoms with Crippen LogP contribution in [-0.4, -0.2) is 22.8 Å². The minimum atomic E-state index is -2.96. The number of nitrogens with zero attached hydrogens (tertiary/aromatic N) is 1. The molecule has 0 aliphatic heterocycles. The number of pyridine rings is 1. The highest BCUT2D eigenvalue weighted by molar-refractivity contribution is 5.65. The highest BCUT2D eigenvalue weighted by atomic mass is 19.3. The average molecular weight is 246 g/mol. The Labute approximate surface area is 96.4 Å². The zero-order valence-corrected chi connectivity index (χ0v) is 9.28. The molecule has 1 aromatic heterocycles. The number of hydrogen-bond donors (Lipinski definition) is 2. The average Bonchev–Trinajstić information content (AvgIpc) is 2.15. The number of rotatable bonds is 4. The zero-order chi connectivity index (χ0) is 13.1. The van der Waals surface area contributed by atoms with Crippen molar-refractivity contribution in [2.45, 2.75) is 26.0 Å². The molecule has 17 heavy (non-hydrogen) atoms. The third-order valence-electron chi connectivity index (χ3n) is 1.99. The van der Waals surface area contributed by atoms with E-state index in [1.54, 1.807) is 13.8 Å². The first-order chi connectivity index (χ1) is 7.81. The largest absolute Gasteiger partial charge is 0.465 e. The molecule has 5 nitrogen and oxygen atoms in total. The number of amides is 1. The molecule has 0 saturated heterocycles. The first kappa shape index (κ1) is 13.1. The Morgan fingerprint density at radius 2 is 2.18 bits per heavy atom. The van der Waals surface area contributed by atoms with Crippen molar-refractivity contribution in [2.75, 3.05) is 0 Å². The number of ether oxygens (including phenoxy) is 1. The minimum absolute atomic E-state index is 0.252. The lowest BCUT2D eigenvalue weighted by molar-refractivity contribution is -0.0531. The van der Waals surface area contributed by atoms with E-state index in [9.17, 15) is 13.6 Å². The quantitative estimate of drug-likeness (QED) is 0.854. The van der Waals surface area contributed by atoms with Crippen molar-refractivity contribution in [1.29, 1.82) is 0 Å². The van der Waals surface area contributed by atoms with Gasteiger partial charge >= 0.3 is 12.7 Å². The van der Waals surface area contributed by atoms with Gasteiger partial charge in [-0.3, -0.25) is 0 Å². The van der Waals surface area contributed by atoms with Crippen LogP contribution in [0.2, 0.25) is 0 Å². The van der Waals surface area contributed by atoms with Crippen molar-refractivity contribution < 1.29 is 23.4 Å². The lowest BCUT2D eigenvalue weighted by Crippen LogP contribution is -2.40. The van der Waals surface area contributed by atoms with Crippen LogP contribution in [0.1, 0.15) is 19.5 Å². The van der Waals surface area contributed by atoms with Crippen molar-refractivity contribution in [1.82, 2.24) is 10.3 Å². The smallest absolute Gasteiger partial charge is 0.405 e. The molecule has 1 amide bonds. The van der Waals surface area contributed by atoms with E-state index in [1.807, 2.05) is 0 Å². The van der Waals surface area contributed by atoms with Crippen molar-refractivity contribution in [3.05, 3.63) is 23.9 Å². The molecule has 0 spiro atoms. The molecule has 0 aliphatic rings. The molecule has 0 atom stereocenters. The summed E-state index contributed by atoms with van der Waals surface area (Å²) >= 11 is 0. The Hall–Kier alpha value is -1.92. The predicted octanol–water partition coefficient (Wildman–Crippen LogP) is 2.19. The molecule has 0 saturated carbocycles. The first-order valence-electron chi connectivity index (χ1n) is 4.75. The van der Waals surface area contributed by atoms with Gasteiger partial charge < -0.3 is 15.2 Å². The van der Waals surface area contributed by atoms with E-state index in [0.717, 1.165) is 0 Å². The molecule has 0 bridgehead atoms. The molecule has 0 fully saturated rings. The Bertz CT molecular complexity index is 410. The maximum Gasteiger partial charge on any atom is 0.405 e. The highest BCUT2D eigenvalue weighted by Gasteiger charge is 2.24. The molecule has 1 aromatic rings. The van der Waals surface area contributed by atoms with Crippen molar-refractivity contribution in [3.8, 4) is 5.88 Å². The molecular weight excluding hydrogens is 234 g/mol. The van der Waals surface area contributed by atoms with Crippen LogP contribution < -0.4 is 10.1 Å². The van der Waals surface area contributed by atoms with Crippen LogP contribution in [0, 0.1) is 0 Å². The van der Waals surface area contributed by atoms with Gasteiger partial charge in [-0.15, -0.1) is 0 Å². The van der Waals surface area contributed by atoms with Crippen LogP contribution in [0.15, 0.2) is 18.2 Å². The molecule has 1 heterocycles. The monoisotopic (exact) mass is 246 g/mol. The van der Waals surface area contributed by atoms with E-state index < -0.39 is 18.2 Å². The number of hydrogen-bond acceptors (Lipinski definition) is 3. The molecule has 0 aromatic carbocycles. The number of aromatic nitrogens is 1. The lowest BCUT2D eigenvalue weighted by Gasteiger charge is -2.24. The number of carbonyl (C=O) groups is 1. The second kappa shape index (κ2) is 4.94. The summed E-state index contributed by atoms with van der Waals surface area (Å²) in [6, 6.07) is 4.26. The Kier molecular flexibility index (Phi) is 3.82. The van der Waals surface area contributed by atoms with Crippen LogP contribution in [-0.2, 0) is 5.54 Å². The van der Waals surface area contributed by atoms with E-state index >= 15 is 0 Å². The number of nitrogens with one attached hydrogen (secondary N) is 1. The van der Waals surface area contributed by atoms with E-state index in [4.69, 9.17) is 5.11 Å². The van der Waals surface area contributed by atoms with E-state index in [1.165, 1.54) is 18.2 Å². The van der Waals surface area contributed by atoms with Gasteiger partial charge in [0.2, 0.25) is 5.88 Å². The second-order valence-electron chi connectivity index (χ2n) is 3.79. The highest BCUT2D eigenvalue weighted by Crippen LogP contribution is 2.21. The van der Waals surface area contributed by atoms with Gasteiger partial charge in [-0.1, -0.05) is 6.07 Å². The summed E-state index contributed by atoms with van der Waals surface area (Å²) < 4.78 is 28.1. The summed E-state index contributed by atoms with van der Waals surface area (Å²) in [5.41, 5.74) is -0.703. The fourth-order valence-corrected chi connectivity index (χ4v) is 1.25. The predicted molar refractivity (Wildman–Crippen MR) is 55.1 cm³/mol. The molecule has 94 valence electrons. The van der Waals surface area contributed by atoms with Crippen molar-refractivity contribution in [2.24, 2.45) is 0 Å². The van der Waals surface area contributed by atoms with Crippen LogP contribution in [0.3, 0.4) is 0 Å². The SMILES string of the molecule is CC(C)(NC(=O)O)c1cccc(OC(F)F)n1. The van der Waals surface area contributed by atoms with Gasteiger partial charge in [-0.25, -0.2) is 9.78 Å². The summed E-state index contributed by atoms with van der Waals surface area (Å²) in [5.74, 6) is -0.252. The fraction of sp³-hybridized carbons (Fsp3) is 0.400. The minimum Gasteiger partial charge on any atom is -0.465 e. The van der Waals surface area contributed by atoms with Crippen molar-refractivity contribution >= 4 is 6.09 Å². The third-order valence-corrected chi connectivity index (χ3v) is 1.99. The molecule has 2 N–H and O–H groups in total. The fourth-order valence-electron chi connectivity index (χ4n) is 1.25. The van der Waals surface area contributed by atoms with Gasteiger partial charge in [0.1, 0.15) is 0 Å². The summed E-state index contributed by atoms with van der Waals surface area (Å²) in [7, 11) is 0. The Morgan fingerprint density at radius 1 is 1.53 bits per heavy atom. The van der Waals surface area contributed by atoms with Crippen molar-refractivity contribution in [3.63, 3.8) is 0 Å². The van der Waals surface area contributed by atoms with Gasteiger partial charge in [0.05, 0.1) is 11.2 Å². The van der Waals surface area contributed by atoms with E-state index in [2.05, 4.69) is 15.0 Å². The maximum atomic E-state index is 12.0. The number of alkyl halides is 2. The molecule has 1 rings (SSSR count). The Morgan fingerprint density at radius 3 is 2.71 bits per heavy atom. The molecule has 0 aliphatic carbocycles. The first-order valence-corrected chi connectivity index (χ1v) is 4.75. The van der Waals surface area contributed by atoms with Crippen LogP contribution in [0.5, 0.6) is 5.88 Å². The summed E-state index contributed by atoms with van der Waals surface area (Å²) in [5, 5.41) is 10.9. The van der Waals surface area contributed by atoms with Crippen LogP contribution >= 0.6 is 0 Å². The van der Waals surface area contributed by atoms with Gasteiger partial charge in [-0.2, -0.15) is 8.78 Å². The van der Waals surface area contributed by atoms with E-state index in [-0.39, 0.29) is 11.6 Å². The number of halogens is 2. The van der Waals surface area contributed by atoms with Crippen LogP contribution in [0.25, 0.3) is 0 Å². The Balaban J connectivity index is 2.94. The summed E-state index contributed by atoms with van der Waals surface area (Å²) in [6.07, 6.45) is -1.23. The molecule has 0 unspecified atom stereocenters. The van der Waals surface area contributed by atoms with E-state index in [0.29, 0.717) is 0 Å². The molecule has 0 radical (unpaired) electrons. The summed E-state index contributed by atoms with van der Waals surface area (Å²) in [4.78, 5) is 14.4. The topological polar surface area (TPSA) is 71.5 Å². The molecule has 7 heteroatoms. The van der Waals surface area contributed by atoms with Crippen LogP contribution in [0.4, 0.5) is 13.6 Å². The third kappa shape index (κ3) is 3.86. The normalized spacial score (nSPS) is 11.4. The van der Waals surface area contributed by atoms with Gasteiger partial charge in [-0.05, 0) is 19.9 Å². The van der Waals surface area contributed by atoms with Gasteiger partial charge in [0, 0.05) is 6.07 Å². The lowest BCUT2D eigenvalue weighted by atomic mass is 10.0. The number of carboxylic acid groups (broad SMARTS) is 1. The second-order valence-corrected chi connectivity index (χ2v) is 3.79. The van der Waals surface area contributed by atoms with Gasteiger partial charge in [0.15, 0.2) is 0 Å². The summed E-state index contributed by atoms with van der Waals surface area (Å²) in [6.45, 7) is 0.166. The maximum absolute atomic E-state index is 12.0. The molecular formula is C10H12F2N2O3. The zero-order valence-electron chi connectivity index (χ0n) is 9.28. The standard InChI is InChI=1S/C10H12F2N2O3/c1-10(2,14-9(15)16)6-4-3-5-7(13-6)17-8(11)12/h3-5,8,14H,1-2H3,(H,15,16).